The summed E-state index contributed by atoms with van der Waals surface area (Å²) in [6, 6.07) is -1.19. The average Bonchev–Trinajstić information content (AvgIpc) is 1.95. The Labute approximate surface area is 82.8 Å². The molecule has 0 rings (SSSR count). The number of rotatable bonds is 4. The summed E-state index contributed by atoms with van der Waals surface area (Å²) < 4.78 is 5.36. The van der Waals surface area contributed by atoms with Gasteiger partial charge >= 0.3 is 5.97 Å². The molecule has 0 aromatic rings. The van der Waals surface area contributed by atoms with E-state index in [2.05, 4.69) is 4.99 Å². The summed E-state index contributed by atoms with van der Waals surface area (Å²) in [5.41, 5.74) is -0.467. The van der Waals surface area contributed by atoms with Gasteiger partial charge in [0, 0.05) is 0 Å². The lowest BCUT2D eigenvalue weighted by atomic mass is 10.1. The van der Waals surface area contributed by atoms with E-state index in [0.29, 0.717) is 0 Å². The van der Waals surface area contributed by atoms with E-state index in [-0.39, 0.29) is 0 Å². The zero-order valence-corrected chi connectivity index (χ0v) is 8.77. The molecular formula is C9H15NO4. The molecule has 2 atom stereocenters. The molecule has 0 aromatic heterocycles. The summed E-state index contributed by atoms with van der Waals surface area (Å²) in [4.78, 5) is 23.8. The van der Waals surface area contributed by atoms with Crippen molar-refractivity contribution in [2.24, 2.45) is 4.99 Å². The van der Waals surface area contributed by atoms with Crippen LogP contribution >= 0.6 is 0 Å². The van der Waals surface area contributed by atoms with E-state index in [0.717, 1.165) is 0 Å². The second-order valence-electron chi connectivity index (χ2n) is 3.94. The summed E-state index contributed by atoms with van der Waals surface area (Å²) in [5.74, 6) is -1.19. The van der Waals surface area contributed by atoms with Crippen LogP contribution in [0.1, 0.15) is 27.7 Å². The molecule has 0 heterocycles. The van der Waals surface area contributed by atoms with Crippen LogP contribution in [0.25, 0.3) is 0 Å². The highest BCUT2D eigenvalue weighted by Crippen LogP contribution is 2.14. The summed E-state index contributed by atoms with van der Waals surface area (Å²) in [7, 11) is 0. The van der Waals surface area contributed by atoms with Crippen molar-refractivity contribution in [3.8, 4) is 0 Å². The minimum atomic E-state index is -1.19. The molecule has 0 aromatic carbocycles. The van der Waals surface area contributed by atoms with E-state index in [1.807, 2.05) is 0 Å². The van der Waals surface area contributed by atoms with Crippen LogP contribution in [-0.2, 0) is 14.3 Å². The number of nitrogens with zero attached hydrogens (tertiary/aromatic N) is 1. The van der Waals surface area contributed by atoms with Gasteiger partial charge in [-0.15, -0.1) is 0 Å². The Morgan fingerprint density at radius 3 is 2.29 bits per heavy atom. The number of aliphatic carboxylic acids is 1. The fourth-order valence-electron chi connectivity index (χ4n) is 1.04. The minimum Gasteiger partial charge on any atom is -0.480 e. The van der Waals surface area contributed by atoms with Gasteiger partial charge in [0.2, 0.25) is 6.08 Å². The quantitative estimate of drug-likeness (QED) is 0.543. The maximum atomic E-state index is 10.7. The highest BCUT2D eigenvalue weighted by molar-refractivity contribution is 5.75. The SMILES string of the molecule is CC(OC(C)(C)C)C(N=C=O)C(=O)O. The number of carboxylic acid groups (broad SMARTS) is 1. The van der Waals surface area contributed by atoms with Crippen molar-refractivity contribution in [3.05, 3.63) is 0 Å². The first-order chi connectivity index (χ1) is 6.28. The predicted molar refractivity (Wildman–Crippen MR) is 49.8 cm³/mol. The maximum Gasteiger partial charge on any atom is 0.332 e. The van der Waals surface area contributed by atoms with Crippen molar-refractivity contribution < 1.29 is 19.4 Å². The van der Waals surface area contributed by atoms with Crippen molar-refractivity contribution in [1.29, 1.82) is 0 Å². The van der Waals surface area contributed by atoms with Gasteiger partial charge in [0.1, 0.15) is 0 Å². The lowest BCUT2D eigenvalue weighted by Gasteiger charge is -2.26. The molecule has 0 spiro atoms. The molecule has 0 amide bonds. The van der Waals surface area contributed by atoms with Crippen LogP contribution in [-0.4, -0.2) is 34.9 Å². The number of hydrogen-bond donors (Lipinski definition) is 1. The van der Waals surface area contributed by atoms with E-state index in [1.54, 1.807) is 27.7 Å². The molecule has 5 heteroatoms. The van der Waals surface area contributed by atoms with Gasteiger partial charge in [0.05, 0.1) is 11.7 Å². The molecule has 0 aliphatic carbocycles. The Kier molecular flexibility index (Phi) is 4.47. The Morgan fingerprint density at radius 1 is 1.50 bits per heavy atom. The smallest absolute Gasteiger partial charge is 0.332 e. The van der Waals surface area contributed by atoms with E-state index < -0.39 is 23.7 Å². The summed E-state index contributed by atoms with van der Waals surface area (Å²) in [6.07, 6.45) is 0.572. The van der Waals surface area contributed by atoms with E-state index in [1.165, 1.54) is 6.08 Å². The van der Waals surface area contributed by atoms with E-state index in [9.17, 15) is 9.59 Å². The largest absolute Gasteiger partial charge is 0.480 e. The van der Waals surface area contributed by atoms with Gasteiger partial charge in [-0.05, 0) is 27.7 Å². The average molecular weight is 201 g/mol. The Balaban J connectivity index is 4.53. The maximum absolute atomic E-state index is 10.7. The molecule has 5 nitrogen and oxygen atoms in total. The molecule has 0 fully saturated rings. The van der Waals surface area contributed by atoms with Crippen molar-refractivity contribution in [3.63, 3.8) is 0 Å². The molecule has 14 heavy (non-hydrogen) atoms. The van der Waals surface area contributed by atoms with Gasteiger partial charge < -0.3 is 9.84 Å². The van der Waals surface area contributed by atoms with E-state index >= 15 is 0 Å². The number of ether oxygens (including phenoxy) is 1. The van der Waals surface area contributed by atoms with Gasteiger partial charge in [-0.1, -0.05) is 0 Å². The third-order valence-corrected chi connectivity index (χ3v) is 1.43. The first-order valence-corrected chi connectivity index (χ1v) is 4.25. The van der Waals surface area contributed by atoms with Crippen molar-refractivity contribution in [2.45, 2.75) is 45.4 Å². The molecule has 1 N–H and O–H groups in total. The minimum absolute atomic E-state index is 0.467. The number of hydrogen-bond acceptors (Lipinski definition) is 4. The number of carbonyl (C=O) groups excluding carboxylic acids is 1. The lowest BCUT2D eigenvalue weighted by molar-refractivity contribution is -0.145. The van der Waals surface area contributed by atoms with Crippen LogP contribution in [0.3, 0.4) is 0 Å². The molecule has 0 aliphatic rings. The Morgan fingerprint density at radius 2 is 2.00 bits per heavy atom. The zero-order valence-electron chi connectivity index (χ0n) is 8.77. The molecule has 0 saturated carbocycles. The van der Waals surface area contributed by atoms with Crippen LogP contribution in [0.4, 0.5) is 0 Å². The second-order valence-corrected chi connectivity index (χ2v) is 3.94. The number of aliphatic imine (C=N–C) groups is 1. The van der Waals surface area contributed by atoms with Gasteiger partial charge in [0.25, 0.3) is 0 Å². The Bertz CT molecular complexity index is 248. The van der Waals surface area contributed by atoms with Gasteiger partial charge in [0.15, 0.2) is 6.04 Å². The van der Waals surface area contributed by atoms with Crippen LogP contribution < -0.4 is 0 Å². The Hall–Kier alpha value is -1.19. The van der Waals surface area contributed by atoms with Crippen LogP contribution in [0.5, 0.6) is 0 Å². The third kappa shape index (κ3) is 4.74. The van der Waals surface area contributed by atoms with Gasteiger partial charge in [-0.25, -0.2) is 9.59 Å². The summed E-state index contributed by atoms with van der Waals surface area (Å²) >= 11 is 0. The summed E-state index contributed by atoms with van der Waals surface area (Å²) in [6.45, 7) is 6.96. The monoisotopic (exact) mass is 201 g/mol. The molecule has 0 saturated heterocycles. The van der Waals surface area contributed by atoms with Crippen molar-refractivity contribution >= 4 is 12.0 Å². The second kappa shape index (κ2) is 4.88. The first kappa shape index (κ1) is 12.8. The normalized spacial score (nSPS) is 15.4. The van der Waals surface area contributed by atoms with Gasteiger partial charge in [-0.3, -0.25) is 0 Å². The molecular weight excluding hydrogens is 186 g/mol. The molecule has 0 aliphatic heterocycles. The topological polar surface area (TPSA) is 76.0 Å². The van der Waals surface area contributed by atoms with Crippen molar-refractivity contribution in [2.75, 3.05) is 0 Å². The van der Waals surface area contributed by atoms with Gasteiger partial charge in [-0.2, -0.15) is 4.99 Å². The lowest BCUT2D eigenvalue weighted by Crippen LogP contribution is -2.37. The molecule has 0 radical (unpaired) electrons. The highest BCUT2D eigenvalue weighted by Gasteiger charge is 2.28. The van der Waals surface area contributed by atoms with Crippen LogP contribution in [0.15, 0.2) is 4.99 Å². The number of isocyanates is 1. The van der Waals surface area contributed by atoms with Crippen LogP contribution in [0.2, 0.25) is 0 Å². The molecule has 80 valence electrons. The molecule has 0 bridgehead atoms. The first-order valence-electron chi connectivity index (χ1n) is 4.25. The number of carboxylic acids is 1. The van der Waals surface area contributed by atoms with Crippen molar-refractivity contribution in [1.82, 2.24) is 0 Å². The fourth-order valence-corrected chi connectivity index (χ4v) is 1.04. The predicted octanol–water partition coefficient (Wildman–Crippen LogP) is 0.979. The molecule has 2 unspecified atom stereocenters. The third-order valence-electron chi connectivity index (χ3n) is 1.43. The van der Waals surface area contributed by atoms with E-state index in [4.69, 9.17) is 9.84 Å². The zero-order chi connectivity index (χ0) is 11.4. The fraction of sp³-hybridized carbons (Fsp3) is 0.778. The van der Waals surface area contributed by atoms with Crippen LogP contribution in [0, 0.1) is 0 Å². The standard InChI is InChI=1S/C9H15NO4/c1-6(14-9(2,3)4)7(8(12)13)10-5-11/h6-7H,1-4H3,(H,12,13). The number of carbonyl (C=O) groups is 1. The summed E-state index contributed by atoms with van der Waals surface area (Å²) in [5, 5.41) is 8.72. The highest BCUT2D eigenvalue weighted by atomic mass is 16.5.